The highest BCUT2D eigenvalue weighted by Crippen LogP contribution is 2.23. The number of hydrogen-bond donors (Lipinski definition) is 0. The molecule has 0 unspecified atom stereocenters. The maximum atomic E-state index is 4.23. The Balaban J connectivity index is 2.46. The monoisotopic (exact) mass is 262 g/mol. The van der Waals surface area contributed by atoms with Gasteiger partial charge in [0.05, 0.1) is 0 Å². The molecular weight excluding hydrogens is 252 g/mol. The van der Waals surface area contributed by atoms with Gasteiger partial charge in [0.25, 0.3) is 0 Å². The molecule has 0 fully saturated rings. The van der Waals surface area contributed by atoms with E-state index >= 15 is 0 Å². The average Bonchev–Trinajstić information content (AvgIpc) is 2.31. The van der Waals surface area contributed by atoms with Crippen LogP contribution in [0.1, 0.15) is 12.5 Å². The van der Waals surface area contributed by atoms with Crippen molar-refractivity contribution in [1.29, 1.82) is 0 Å². The van der Waals surface area contributed by atoms with Gasteiger partial charge in [0.2, 0.25) is 0 Å². The Morgan fingerprint density at radius 1 is 1.20 bits per heavy atom. The Kier molecular flexibility index (Phi) is 3.11. The van der Waals surface area contributed by atoms with E-state index in [0.717, 1.165) is 22.3 Å². The van der Waals surface area contributed by atoms with Crippen LogP contribution < -0.4 is 0 Å². The largest absolute Gasteiger partial charge is 0.237 e. The fraction of sp³-hybridized carbons (Fsp3) is 0.167. The molecule has 1 aromatic heterocycles. The first-order valence-corrected chi connectivity index (χ1v) is 5.66. The van der Waals surface area contributed by atoms with Crippen LogP contribution in [0.15, 0.2) is 41.1 Å². The Morgan fingerprint density at radius 3 is 2.60 bits per heavy atom. The van der Waals surface area contributed by atoms with Crippen LogP contribution in [0.3, 0.4) is 0 Å². The topological polar surface area (TPSA) is 25.8 Å². The highest BCUT2D eigenvalue weighted by Gasteiger charge is 2.03. The zero-order chi connectivity index (χ0) is 10.7. The van der Waals surface area contributed by atoms with E-state index < -0.39 is 0 Å². The molecule has 76 valence electrons. The van der Waals surface area contributed by atoms with Gasteiger partial charge in [-0.25, -0.2) is 9.97 Å². The second-order valence-corrected chi connectivity index (χ2v) is 4.09. The van der Waals surface area contributed by atoms with Gasteiger partial charge >= 0.3 is 0 Å². The van der Waals surface area contributed by atoms with Gasteiger partial charge in [-0.2, -0.15) is 0 Å². The summed E-state index contributed by atoms with van der Waals surface area (Å²) >= 11 is 3.52. The van der Waals surface area contributed by atoms with Crippen LogP contribution in [-0.2, 0) is 6.42 Å². The number of benzene rings is 1. The van der Waals surface area contributed by atoms with Crippen molar-refractivity contribution in [2.75, 3.05) is 0 Å². The minimum atomic E-state index is 0.778. The van der Waals surface area contributed by atoms with Crippen molar-refractivity contribution in [3.63, 3.8) is 0 Å². The predicted molar refractivity (Wildman–Crippen MR) is 64.5 cm³/mol. The molecule has 0 radical (unpaired) electrons. The lowest BCUT2D eigenvalue weighted by Crippen LogP contribution is -1.89. The molecule has 2 nitrogen and oxygen atoms in total. The molecule has 2 rings (SSSR count). The lowest BCUT2D eigenvalue weighted by Gasteiger charge is -2.04. The molecule has 0 bridgehead atoms. The summed E-state index contributed by atoms with van der Waals surface area (Å²) in [7, 11) is 0. The van der Waals surface area contributed by atoms with Crippen LogP contribution in [-0.4, -0.2) is 9.97 Å². The number of aryl methyl sites for hydroxylation is 1. The van der Waals surface area contributed by atoms with Gasteiger partial charge in [0, 0.05) is 22.4 Å². The minimum absolute atomic E-state index is 0.778. The fourth-order valence-electron chi connectivity index (χ4n) is 1.43. The fourth-order valence-corrected chi connectivity index (χ4v) is 1.96. The lowest BCUT2D eigenvalue weighted by molar-refractivity contribution is 1.12. The Bertz CT molecular complexity index is 454. The highest BCUT2D eigenvalue weighted by atomic mass is 79.9. The van der Waals surface area contributed by atoms with Gasteiger partial charge in [-0.3, -0.25) is 0 Å². The van der Waals surface area contributed by atoms with E-state index in [0.29, 0.717) is 0 Å². The zero-order valence-corrected chi connectivity index (χ0v) is 10.0. The average molecular weight is 263 g/mol. The number of aromatic nitrogens is 2. The van der Waals surface area contributed by atoms with Crippen molar-refractivity contribution in [2.24, 2.45) is 0 Å². The van der Waals surface area contributed by atoms with E-state index in [1.54, 1.807) is 12.4 Å². The molecule has 0 aliphatic carbocycles. The first-order valence-electron chi connectivity index (χ1n) is 4.87. The molecule has 1 heterocycles. The minimum Gasteiger partial charge on any atom is -0.237 e. The third-order valence-electron chi connectivity index (χ3n) is 2.25. The molecule has 3 heteroatoms. The van der Waals surface area contributed by atoms with Gasteiger partial charge in [-0.15, -0.1) is 0 Å². The summed E-state index contributed by atoms with van der Waals surface area (Å²) in [5.41, 5.74) is 2.34. The third kappa shape index (κ3) is 2.23. The zero-order valence-electron chi connectivity index (χ0n) is 8.44. The quantitative estimate of drug-likeness (QED) is 0.829. The summed E-state index contributed by atoms with van der Waals surface area (Å²) in [4.78, 5) is 8.46. The number of rotatable bonds is 2. The van der Waals surface area contributed by atoms with E-state index in [2.05, 4.69) is 38.9 Å². The molecule has 0 N–H and O–H groups in total. The molecule has 0 saturated carbocycles. The molecule has 0 aliphatic heterocycles. The molecule has 15 heavy (non-hydrogen) atoms. The summed E-state index contributed by atoms with van der Waals surface area (Å²) in [6.45, 7) is 2.13. The Hall–Kier alpha value is -1.22. The lowest BCUT2D eigenvalue weighted by atomic mass is 10.1. The Morgan fingerprint density at radius 2 is 1.93 bits per heavy atom. The molecule has 0 spiro atoms. The molecule has 1 aromatic carbocycles. The van der Waals surface area contributed by atoms with Crippen LogP contribution in [0.4, 0.5) is 0 Å². The Labute approximate surface area is 97.5 Å². The van der Waals surface area contributed by atoms with Crippen molar-refractivity contribution in [3.05, 3.63) is 46.7 Å². The van der Waals surface area contributed by atoms with E-state index in [9.17, 15) is 0 Å². The normalized spacial score (nSPS) is 10.3. The van der Waals surface area contributed by atoms with Gasteiger partial charge in [0.1, 0.15) is 0 Å². The second kappa shape index (κ2) is 4.53. The molecule has 0 amide bonds. The maximum absolute atomic E-state index is 4.23. The second-order valence-electron chi connectivity index (χ2n) is 3.23. The van der Waals surface area contributed by atoms with Gasteiger partial charge < -0.3 is 0 Å². The van der Waals surface area contributed by atoms with Crippen molar-refractivity contribution >= 4 is 15.9 Å². The van der Waals surface area contributed by atoms with E-state index in [-0.39, 0.29) is 0 Å². The van der Waals surface area contributed by atoms with Crippen LogP contribution in [0.5, 0.6) is 0 Å². The summed E-state index contributed by atoms with van der Waals surface area (Å²) in [5, 5.41) is 0. The van der Waals surface area contributed by atoms with E-state index in [4.69, 9.17) is 0 Å². The summed E-state index contributed by atoms with van der Waals surface area (Å²) < 4.78 is 1.14. The maximum Gasteiger partial charge on any atom is 0.159 e. The predicted octanol–water partition coefficient (Wildman–Crippen LogP) is 3.47. The van der Waals surface area contributed by atoms with Crippen molar-refractivity contribution in [2.45, 2.75) is 13.3 Å². The summed E-state index contributed by atoms with van der Waals surface area (Å²) in [5.74, 6) is 0.778. The van der Waals surface area contributed by atoms with Crippen molar-refractivity contribution in [3.8, 4) is 11.4 Å². The van der Waals surface area contributed by atoms with Crippen molar-refractivity contribution in [1.82, 2.24) is 9.97 Å². The molecular formula is C12H11BrN2. The number of hydrogen-bond acceptors (Lipinski definition) is 2. The third-order valence-corrected chi connectivity index (χ3v) is 3.02. The molecule has 2 aromatic rings. The van der Waals surface area contributed by atoms with Gasteiger partial charge in [-0.05, 0) is 30.2 Å². The van der Waals surface area contributed by atoms with Crippen LogP contribution in [0.25, 0.3) is 11.4 Å². The molecule has 0 atom stereocenters. The van der Waals surface area contributed by atoms with Gasteiger partial charge in [0.15, 0.2) is 5.82 Å². The highest BCUT2D eigenvalue weighted by molar-refractivity contribution is 9.10. The SMILES string of the molecule is CCc1cc(-c2ncccn2)ccc1Br. The van der Waals surface area contributed by atoms with E-state index in [1.165, 1.54) is 5.56 Å². The molecule has 0 aliphatic rings. The summed E-state index contributed by atoms with van der Waals surface area (Å²) in [6.07, 6.45) is 4.52. The van der Waals surface area contributed by atoms with Gasteiger partial charge in [-0.1, -0.05) is 28.9 Å². The summed E-state index contributed by atoms with van der Waals surface area (Å²) in [6, 6.07) is 8.02. The van der Waals surface area contributed by atoms with Crippen LogP contribution in [0.2, 0.25) is 0 Å². The standard InChI is InChI=1S/C12H11BrN2/c1-2-9-8-10(4-5-11(9)13)12-14-6-3-7-15-12/h3-8H,2H2,1H3. The number of halogens is 1. The smallest absolute Gasteiger partial charge is 0.159 e. The van der Waals surface area contributed by atoms with E-state index in [1.807, 2.05) is 18.2 Å². The number of nitrogens with zero attached hydrogens (tertiary/aromatic N) is 2. The van der Waals surface area contributed by atoms with Crippen LogP contribution in [0, 0.1) is 0 Å². The molecule has 0 saturated heterocycles. The van der Waals surface area contributed by atoms with Crippen molar-refractivity contribution < 1.29 is 0 Å². The first-order chi connectivity index (χ1) is 7.31. The first kappa shape index (κ1) is 10.3. The van der Waals surface area contributed by atoms with Crippen LogP contribution >= 0.6 is 15.9 Å².